The van der Waals surface area contributed by atoms with Crippen molar-refractivity contribution in [1.82, 2.24) is 9.97 Å². The van der Waals surface area contributed by atoms with E-state index < -0.39 is 5.97 Å². The predicted molar refractivity (Wildman–Crippen MR) is 105 cm³/mol. The Morgan fingerprint density at radius 3 is 2.75 bits per heavy atom. The van der Waals surface area contributed by atoms with Gasteiger partial charge in [-0.1, -0.05) is 0 Å². The highest BCUT2D eigenvalue weighted by atomic mass is 32.1. The number of thiophene rings is 1. The van der Waals surface area contributed by atoms with Crippen LogP contribution in [-0.2, 0) is 11.3 Å². The van der Waals surface area contributed by atoms with Gasteiger partial charge in [-0.2, -0.15) is 0 Å². The molecule has 3 aromatic heterocycles. The molecule has 0 atom stereocenters. The van der Waals surface area contributed by atoms with Gasteiger partial charge in [0.25, 0.3) is 0 Å². The van der Waals surface area contributed by atoms with Crippen molar-refractivity contribution in [3.05, 3.63) is 64.2 Å². The predicted octanol–water partition coefficient (Wildman–Crippen LogP) is 4.65. The third kappa shape index (κ3) is 3.34. The number of rotatable bonds is 4. The molecule has 142 valence electrons. The van der Waals surface area contributed by atoms with E-state index in [9.17, 15) is 9.18 Å². The summed E-state index contributed by atoms with van der Waals surface area (Å²) in [4.78, 5) is 22.2. The molecule has 0 saturated heterocycles. The lowest BCUT2D eigenvalue weighted by molar-refractivity contribution is 0.0475. The van der Waals surface area contributed by atoms with Crippen molar-refractivity contribution in [2.45, 2.75) is 20.5 Å². The van der Waals surface area contributed by atoms with E-state index in [0.29, 0.717) is 32.5 Å². The van der Waals surface area contributed by atoms with Crippen LogP contribution in [0.5, 0.6) is 0 Å². The number of nitrogens with two attached hydrogens (primary N) is 1. The topological polar surface area (TPSA) is 91.2 Å². The number of nitrogens with zero attached hydrogens (tertiary/aromatic N) is 2. The molecule has 0 unspecified atom stereocenters. The molecule has 0 aliphatic carbocycles. The molecule has 8 heteroatoms. The molecule has 0 fully saturated rings. The van der Waals surface area contributed by atoms with Gasteiger partial charge in [-0.15, -0.1) is 11.3 Å². The van der Waals surface area contributed by atoms with Crippen LogP contribution in [-0.4, -0.2) is 15.9 Å². The van der Waals surface area contributed by atoms with Gasteiger partial charge in [0.1, 0.15) is 34.1 Å². The largest absolute Gasteiger partial charge is 0.455 e. The number of carbonyl (C=O) groups is 1. The Labute approximate surface area is 163 Å². The smallest absolute Gasteiger partial charge is 0.350 e. The van der Waals surface area contributed by atoms with Crippen molar-refractivity contribution in [3.63, 3.8) is 0 Å². The molecule has 0 spiro atoms. The standard InChI is InChI=1S/C20H16FN3O3S/c1-10-7-11(2)23-19-15(10)16(22)17(28-19)20(25)27-9-14-8-26-18(24-14)12-3-5-13(21)6-4-12/h3-8H,9,22H2,1-2H3. The van der Waals surface area contributed by atoms with Crippen LogP contribution >= 0.6 is 11.3 Å². The molecule has 4 rings (SSSR count). The Morgan fingerprint density at radius 1 is 1.25 bits per heavy atom. The fourth-order valence-corrected chi connectivity index (χ4v) is 4.03. The molecule has 0 aliphatic rings. The van der Waals surface area contributed by atoms with Crippen LogP contribution in [0.4, 0.5) is 10.1 Å². The number of halogens is 1. The average Bonchev–Trinajstić information content (AvgIpc) is 3.25. The quantitative estimate of drug-likeness (QED) is 0.504. The fourth-order valence-electron chi connectivity index (χ4n) is 2.92. The molecule has 0 amide bonds. The van der Waals surface area contributed by atoms with Crippen LogP contribution in [0.15, 0.2) is 41.0 Å². The zero-order valence-corrected chi connectivity index (χ0v) is 16.0. The number of pyridine rings is 1. The number of aromatic nitrogens is 2. The van der Waals surface area contributed by atoms with E-state index in [-0.39, 0.29) is 12.4 Å². The summed E-state index contributed by atoms with van der Waals surface area (Å²) in [6.45, 7) is 3.76. The lowest BCUT2D eigenvalue weighted by Gasteiger charge is -2.02. The number of fused-ring (bicyclic) bond motifs is 1. The van der Waals surface area contributed by atoms with E-state index in [0.717, 1.165) is 16.6 Å². The number of oxazole rings is 1. The van der Waals surface area contributed by atoms with E-state index in [2.05, 4.69) is 9.97 Å². The highest BCUT2D eigenvalue weighted by Crippen LogP contribution is 2.35. The normalized spacial score (nSPS) is 11.1. The molecule has 6 nitrogen and oxygen atoms in total. The number of aryl methyl sites for hydroxylation is 2. The summed E-state index contributed by atoms with van der Waals surface area (Å²) in [7, 11) is 0. The second-order valence-corrected chi connectivity index (χ2v) is 7.33. The zero-order chi connectivity index (χ0) is 19.8. The maximum absolute atomic E-state index is 13.0. The highest BCUT2D eigenvalue weighted by Gasteiger charge is 2.20. The maximum atomic E-state index is 13.0. The van der Waals surface area contributed by atoms with Crippen LogP contribution in [0.1, 0.15) is 26.6 Å². The van der Waals surface area contributed by atoms with Crippen molar-refractivity contribution >= 4 is 33.2 Å². The Kier molecular flexibility index (Phi) is 4.56. The SMILES string of the molecule is Cc1cc(C)c2c(N)c(C(=O)OCc3coc(-c4ccc(F)cc4)n3)sc2n1. The van der Waals surface area contributed by atoms with E-state index in [4.69, 9.17) is 14.9 Å². The number of anilines is 1. The molecule has 0 radical (unpaired) electrons. The van der Waals surface area contributed by atoms with Crippen molar-refractivity contribution in [3.8, 4) is 11.5 Å². The molecular weight excluding hydrogens is 381 g/mol. The minimum Gasteiger partial charge on any atom is -0.455 e. The van der Waals surface area contributed by atoms with Crippen LogP contribution in [0.2, 0.25) is 0 Å². The second kappa shape index (κ2) is 7.05. The summed E-state index contributed by atoms with van der Waals surface area (Å²) in [5.41, 5.74) is 9.44. The number of hydrogen-bond acceptors (Lipinski definition) is 7. The van der Waals surface area contributed by atoms with Gasteiger partial charge in [-0.25, -0.2) is 19.2 Å². The van der Waals surface area contributed by atoms with Crippen molar-refractivity contribution < 1.29 is 18.3 Å². The van der Waals surface area contributed by atoms with Crippen molar-refractivity contribution in [2.75, 3.05) is 5.73 Å². The molecule has 4 aromatic rings. The van der Waals surface area contributed by atoms with Crippen LogP contribution in [0.3, 0.4) is 0 Å². The summed E-state index contributed by atoms with van der Waals surface area (Å²) >= 11 is 1.21. The first-order valence-corrected chi connectivity index (χ1v) is 9.27. The Balaban J connectivity index is 1.51. The summed E-state index contributed by atoms with van der Waals surface area (Å²) in [6, 6.07) is 7.69. The van der Waals surface area contributed by atoms with E-state index in [1.807, 2.05) is 19.9 Å². The molecule has 0 bridgehead atoms. The van der Waals surface area contributed by atoms with Crippen LogP contribution in [0.25, 0.3) is 21.7 Å². The molecule has 0 saturated carbocycles. The molecular formula is C20H16FN3O3S. The van der Waals surface area contributed by atoms with Crippen molar-refractivity contribution in [2.24, 2.45) is 0 Å². The fraction of sp³-hybridized carbons (Fsp3) is 0.150. The number of nitrogen functional groups attached to an aromatic ring is 1. The molecule has 28 heavy (non-hydrogen) atoms. The summed E-state index contributed by atoms with van der Waals surface area (Å²) in [6.07, 6.45) is 1.40. The van der Waals surface area contributed by atoms with Gasteiger partial charge in [0.15, 0.2) is 0 Å². The lowest BCUT2D eigenvalue weighted by Crippen LogP contribution is -2.06. The van der Waals surface area contributed by atoms with E-state index >= 15 is 0 Å². The van der Waals surface area contributed by atoms with E-state index in [1.165, 1.54) is 29.7 Å². The Morgan fingerprint density at radius 2 is 2.00 bits per heavy atom. The van der Waals surface area contributed by atoms with Gasteiger partial charge in [-0.05, 0) is 49.7 Å². The average molecular weight is 397 g/mol. The molecule has 3 heterocycles. The number of benzene rings is 1. The molecule has 2 N–H and O–H groups in total. The first-order chi connectivity index (χ1) is 13.4. The zero-order valence-electron chi connectivity index (χ0n) is 15.2. The summed E-state index contributed by atoms with van der Waals surface area (Å²) < 4.78 is 23.7. The van der Waals surface area contributed by atoms with Gasteiger partial charge >= 0.3 is 5.97 Å². The summed E-state index contributed by atoms with van der Waals surface area (Å²) in [5, 5.41) is 0.780. The minimum atomic E-state index is -0.538. The number of ether oxygens (including phenoxy) is 1. The first-order valence-electron chi connectivity index (χ1n) is 8.46. The van der Waals surface area contributed by atoms with Gasteiger partial charge in [0.05, 0.1) is 5.69 Å². The van der Waals surface area contributed by atoms with Gasteiger partial charge in [0.2, 0.25) is 5.89 Å². The molecule has 1 aromatic carbocycles. The van der Waals surface area contributed by atoms with Gasteiger partial charge in [-0.3, -0.25) is 0 Å². The number of carbonyl (C=O) groups excluding carboxylic acids is 1. The molecule has 0 aliphatic heterocycles. The minimum absolute atomic E-state index is 0.0668. The highest BCUT2D eigenvalue weighted by molar-refractivity contribution is 7.21. The number of hydrogen-bond donors (Lipinski definition) is 1. The van der Waals surface area contributed by atoms with Gasteiger partial charge < -0.3 is 14.9 Å². The number of esters is 1. The third-order valence-corrected chi connectivity index (χ3v) is 5.28. The lowest BCUT2D eigenvalue weighted by atomic mass is 10.1. The Bertz CT molecular complexity index is 1180. The van der Waals surface area contributed by atoms with Crippen LogP contribution < -0.4 is 5.73 Å². The van der Waals surface area contributed by atoms with Crippen molar-refractivity contribution in [1.29, 1.82) is 0 Å². The second-order valence-electron chi connectivity index (χ2n) is 6.33. The monoisotopic (exact) mass is 397 g/mol. The van der Waals surface area contributed by atoms with Gasteiger partial charge in [0, 0.05) is 16.6 Å². The first kappa shape index (κ1) is 18.1. The van der Waals surface area contributed by atoms with Crippen LogP contribution in [0, 0.1) is 19.7 Å². The third-order valence-electron chi connectivity index (χ3n) is 4.20. The van der Waals surface area contributed by atoms with E-state index in [1.54, 1.807) is 12.1 Å². The maximum Gasteiger partial charge on any atom is 0.350 e. The Hall–Kier alpha value is -3.26. The summed E-state index contributed by atoms with van der Waals surface area (Å²) in [5.74, 6) is -0.558.